The second-order valence-electron chi connectivity index (χ2n) is 7.06. The molecule has 1 fully saturated rings. The number of carbonyl (C=O) groups is 1. The molecule has 3 aromatic rings. The Hall–Kier alpha value is -3.61. The van der Waals surface area contributed by atoms with Gasteiger partial charge in [0.15, 0.2) is 23.0 Å². The highest BCUT2D eigenvalue weighted by Gasteiger charge is 2.29. The zero-order valence-electron chi connectivity index (χ0n) is 15.7. The van der Waals surface area contributed by atoms with Crippen molar-refractivity contribution < 1.29 is 14.3 Å². The molecule has 146 valence electrons. The molecule has 3 heterocycles. The lowest BCUT2D eigenvalue weighted by Gasteiger charge is -2.25. The van der Waals surface area contributed by atoms with E-state index in [-0.39, 0.29) is 24.4 Å². The molecule has 2 aromatic carbocycles. The topological polar surface area (TPSA) is 76.6 Å². The van der Waals surface area contributed by atoms with Crippen LogP contribution in [0.15, 0.2) is 60.7 Å². The van der Waals surface area contributed by atoms with Crippen molar-refractivity contribution in [3.63, 3.8) is 0 Å². The average Bonchev–Trinajstić information content (AvgIpc) is 3.43. The van der Waals surface area contributed by atoms with Crippen LogP contribution in [0.1, 0.15) is 34.9 Å². The minimum atomic E-state index is -0.274. The summed E-state index contributed by atoms with van der Waals surface area (Å²) in [6.07, 6.45) is 2.09. The largest absolute Gasteiger partial charge is 0.454 e. The molecule has 29 heavy (non-hydrogen) atoms. The Balaban J connectivity index is 1.33. The van der Waals surface area contributed by atoms with Gasteiger partial charge in [0.2, 0.25) is 6.79 Å². The zero-order valence-corrected chi connectivity index (χ0v) is 15.7. The summed E-state index contributed by atoms with van der Waals surface area (Å²) in [5.41, 5.74) is 2.18. The summed E-state index contributed by atoms with van der Waals surface area (Å²) in [5, 5.41) is 11.3. The van der Waals surface area contributed by atoms with E-state index in [9.17, 15) is 4.79 Å². The molecular weight excluding hydrogens is 368 g/mol. The first-order chi connectivity index (χ1) is 14.3. The number of hydrogen-bond donors (Lipinski definition) is 1. The van der Waals surface area contributed by atoms with E-state index in [0.29, 0.717) is 0 Å². The number of nitrogens with zero attached hydrogens (tertiary/aromatic N) is 3. The minimum Gasteiger partial charge on any atom is -0.454 e. The van der Waals surface area contributed by atoms with Crippen LogP contribution in [-0.4, -0.2) is 29.4 Å². The fourth-order valence-electron chi connectivity index (χ4n) is 3.82. The summed E-state index contributed by atoms with van der Waals surface area (Å²) < 4.78 is 10.9. The molecule has 0 bridgehead atoms. The third-order valence-corrected chi connectivity index (χ3v) is 5.24. The summed E-state index contributed by atoms with van der Waals surface area (Å²) >= 11 is 0. The average molecular weight is 388 g/mol. The highest BCUT2D eigenvalue weighted by Crippen LogP contribution is 2.40. The normalized spacial score (nSPS) is 17.4. The van der Waals surface area contributed by atoms with Crippen molar-refractivity contribution in [3.8, 4) is 11.5 Å². The Morgan fingerprint density at radius 2 is 1.86 bits per heavy atom. The Bertz CT molecular complexity index is 1020. The molecule has 0 spiro atoms. The van der Waals surface area contributed by atoms with E-state index in [1.54, 1.807) is 6.07 Å². The van der Waals surface area contributed by atoms with Crippen LogP contribution in [0.3, 0.4) is 0 Å². The Kier molecular flexibility index (Phi) is 4.48. The third kappa shape index (κ3) is 3.47. The van der Waals surface area contributed by atoms with E-state index >= 15 is 0 Å². The first-order valence-corrected chi connectivity index (χ1v) is 9.64. The Labute approximate surface area is 168 Å². The zero-order chi connectivity index (χ0) is 19.6. The van der Waals surface area contributed by atoms with Gasteiger partial charge < -0.3 is 19.7 Å². The highest BCUT2D eigenvalue weighted by atomic mass is 16.7. The maximum atomic E-state index is 12.4. The Morgan fingerprint density at radius 3 is 2.69 bits per heavy atom. The number of fused-ring (bicyclic) bond motifs is 1. The molecule has 1 amide bonds. The Morgan fingerprint density at radius 1 is 1.00 bits per heavy atom. The van der Waals surface area contributed by atoms with Gasteiger partial charge in [-0.05, 0) is 54.8 Å². The molecule has 1 saturated heterocycles. The van der Waals surface area contributed by atoms with Gasteiger partial charge in [-0.2, -0.15) is 0 Å². The maximum absolute atomic E-state index is 12.4. The van der Waals surface area contributed by atoms with Gasteiger partial charge in [0.05, 0.1) is 6.04 Å². The van der Waals surface area contributed by atoms with Crippen molar-refractivity contribution in [2.75, 3.05) is 23.6 Å². The number of anilines is 2. The molecule has 5 rings (SSSR count). The van der Waals surface area contributed by atoms with Crippen LogP contribution < -0.4 is 19.7 Å². The van der Waals surface area contributed by atoms with Crippen LogP contribution in [-0.2, 0) is 0 Å². The summed E-state index contributed by atoms with van der Waals surface area (Å²) in [6.45, 7) is 1.16. The number of ether oxygens (including phenoxy) is 2. The number of benzene rings is 2. The van der Waals surface area contributed by atoms with Crippen molar-refractivity contribution in [2.24, 2.45) is 0 Å². The smallest absolute Gasteiger partial charge is 0.276 e. The molecule has 1 unspecified atom stereocenters. The number of aromatic nitrogens is 2. The molecule has 1 N–H and O–H groups in total. The van der Waals surface area contributed by atoms with Crippen molar-refractivity contribution in [1.82, 2.24) is 10.2 Å². The van der Waals surface area contributed by atoms with Crippen LogP contribution in [0.4, 0.5) is 11.5 Å². The fourth-order valence-corrected chi connectivity index (χ4v) is 3.82. The molecular formula is C22H20N4O3. The van der Waals surface area contributed by atoms with Gasteiger partial charge in [0.1, 0.15) is 0 Å². The lowest BCUT2D eigenvalue weighted by Crippen LogP contribution is -2.24. The van der Waals surface area contributed by atoms with E-state index in [2.05, 4.69) is 26.5 Å². The van der Waals surface area contributed by atoms with Crippen LogP contribution in [0.2, 0.25) is 0 Å². The number of para-hydroxylation sites is 1. The van der Waals surface area contributed by atoms with Gasteiger partial charge in [-0.3, -0.25) is 4.79 Å². The van der Waals surface area contributed by atoms with E-state index in [1.807, 2.05) is 48.5 Å². The SMILES string of the molecule is O=C(Nc1ccccc1)c1ccc(N2CCCC2c2ccc3c(c2)OCO3)nn1. The minimum absolute atomic E-state index is 0.197. The van der Waals surface area contributed by atoms with E-state index < -0.39 is 0 Å². The summed E-state index contributed by atoms with van der Waals surface area (Å²) in [6, 6.07) is 19.2. The molecule has 0 radical (unpaired) electrons. The molecule has 1 aromatic heterocycles. The lowest BCUT2D eigenvalue weighted by atomic mass is 10.0. The number of rotatable bonds is 4. The molecule has 0 saturated carbocycles. The first kappa shape index (κ1) is 17.5. The van der Waals surface area contributed by atoms with Crippen LogP contribution in [0.25, 0.3) is 0 Å². The van der Waals surface area contributed by atoms with Gasteiger partial charge in [0.25, 0.3) is 5.91 Å². The predicted octanol–water partition coefficient (Wildman–Crippen LogP) is 3.80. The molecule has 1 atom stereocenters. The van der Waals surface area contributed by atoms with Crippen molar-refractivity contribution in [2.45, 2.75) is 18.9 Å². The molecule has 7 heteroatoms. The van der Waals surface area contributed by atoms with Crippen LogP contribution >= 0.6 is 0 Å². The van der Waals surface area contributed by atoms with Gasteiger partial charge >= 0.3 is 0 Å². The highest BCUT2D eigenvalue weighted by molar-refractivity contribution is 6.02. The van der Waals surface area contributed by atoms with E-state index in [4.69, 9.17) is 9.47 Å². The van der Waals surface area contributed by atoms with Gasteiger partial charge in [0, 0.05) is 12.2 Å². The van der Waals surface area contributed by atoms with Crippen molar-refractivity contribution in [3.05, 3.63) is 71.9 Å². The van der Waals surface area contributed by atoms with Gasteiger partial charge in [-0.15, -0.1) is 10.2 Å². The summed E-state index contributed by atoms with van der Waals surface area (Å²) in [5.74, 6) is 2.06. The number of nitrogens with one attached hydrogen (secondary N) is 1. The van der Waals surface area contributed by atoms with Gasteiger partial charge in [-0.25, -0.2) is 0 Å². The standard InChI is InChI=1S/C22H20N4O3/c27-22(23-16-5-2-1-3-6-16)17-9-11-21(25-24-17)26-12-4-7-18(26)15-8-10-19-20(13-15)29-14-28-19/h1-3,5-6,8-11,13,18H,4,7,12,14H2,(H,23,27). The van der Waals surface area contributed by atoms with Crippen LogP contribution in [0.5, 0.6) is 11.5 Å². The lowest BCUT2D eigenvalue weighted by molar-refractivity contribution is 0.102. The third-order valence-electron chi connectivity index (χ3n) is 5.24. The summed E-state index contributed by atoms with van der Waals surface area (Å²) in [7, 11) is 0. The van der Waals surface area contributed by atoms with E-state index in [1.165, 1.54) is 5.56 Å². The number of amides is 1. The second-order valence-corrected chi connectivity index (χ2v) is 7.06. The predicted molar refractivity (Wildman–Crippen MR) is 108 cm³/mol. The van der Waals surface area contributed by atoms with Gasteiger partial charge in [-0.1, -0.05) is 24.3 Å². The van der Waals surface area contributed by atoms with Crippen LogP contribution in [0, 0.1) is 0 Å². The van der Waals surface area contributed by atoms with E-state index in [0.717, 1.165) is 42.4 Å². The fraction of sp³-hybridized carbons (Fsp3) is 0.227. The first-order valence-electron chi connectivity index (χ1n) is 9.64. The summed E-state index contributed by atoms with van der Waals surface area (Å²) in [4.78, 5) is 14.6. The molecule has 2 aliphatic rings. The molecule has 7 nitrogen and oxygen atoms in total. The number of hydrogen-bond acceptors (Lipinski definition) is 6. The monoisotopic (exact) mass is 388 g/mol. The number of carbonyl (C=O) groups excluding carboxylic acids is 1. The maximum Gasteiger partial charge on any atom is 0.276 e. The molecule has 0 aliphatic carbocycles. The second kappa shape index (κ2) is 7.43. The quantitative estimate of drug-likeness (QED) is 0.733. The van der Waals surface area contributed by atoms with Crippen molar-refractivity contribution >= 4 is 17.4 Å². The molecule has 2 aliphatic heterocycles. The van der Waals surface area contributed by atoms with Crippen molar-refractivity contribution in [1.29, 1.82) is 0 Å².